The molecule has 0 fully saturated rings. The van der Waals surface area contributed by atoms with Gasteiger partial charge < -0.3 is 24.8 Å². The Kier molecular flexibility index (Phi) is 14.4. The Labute approximate surface area is 386 Å². The van der Waals surface area contributed by atoms with E-state index < -0.39 is 29.5 Å². The van der Waals surface area contributed by atoms with Crippen molar-refractivity contribution in [3.63, 3.8) is 0 Å². The Morgan fingerprint density at radius 1 is 0.697 bits per heavy atom. The van der Waals surface area contributed by atoms with Crippen molar-refractivity contribution in [2.24, 2.45) is 0 Å². The van der Waals surface area contributed by atoms with Gasteiger partial charge in [-0.3, -0.25) is 14.6 Å². The van der Waals surface area contributed by atoms with E-state index >= 15 is 0 Å². The molecule has 0 aliphatic heterocycles. The lowest BCUT2D eigenvalue weighted by Crippen LogP contribution is -2.23. The Morgan fingerprint density at radius 2 is 1.27 bits per heavy atom. The van der Waals surface area contributed by atoms with Crippen LogP contribution in [-0.2, 0) is 42.6 Å². The Hall–Kier alpha value is -6.86. The highest BCUT2D eigenvalue weighted by molar-refractivity contribution is 7.92. The first-order chi connectivity index (χ1) is 31.5. The SMILES string of the molecule is CCCCOc1ccc(S(=O)(=O)c2ccc(CNC(=O)c3ccc4nccn4c3)cc2)cc1Cl.CS(=O)(=O)c1ccc(S(=O)(=O)c2ccc(CNC(=O)c3cc4cnccc4[nH]3)cc2)cc1. The van der Waals surface area contributed by atoms with Gasteiger partial charge in [-0.05, 0) is 109 Å². The van der Waals surface area contributed by atoms with Gasteiger partial charge in [0, 0.05) is 61.2 Å². The molecule has 0 spiro atoms. The number of carbonyl (C=O) groups excluding carboxylic acids is 2. The second kappa shape index (κ2) is 20.1. The smallest absolute Gasteiger partial charge is 0.267 e. The van der Waals surface area contributed by atoms with Crippen LogP contribution in [0.2, 0.25) is 5.02 Å². The Bertz CT molecular complexity index is 3340. The van der Waals surface area contributed by atoms with Gasteiger partial charge in [0.15, 0.2) is 9.84 Å². The molecule has 8 aromatic rings. The van der Waals surface area contributed by atoms with Crippen molar-refractivity contribution < 1.29 is 39.6 Å². The van der Waals surface area contributed by atoms with Crippen LogP contribution >= 0.6 is 11.6 Å². The number of benzene rings is 4. The number of fused-ring (bicyclic) bond motifs is 2. The minimum Gasteiger partial charge on any atom is -0.492 e. The van der Waals surface area contributed by atoms with E-state index in [1.165, 1.54) is 60.7 Å². The minimum absolute atomic E-state index is 0.000691. The topological polar surface area (TPSA) is 216 Å². The molecular formula is C47H43ClN6O9S3. The molecule has 3 N–H and O–H groups in total. The molecule has 66 heavy (non-hydrogen) atoms. The number of aromatic nitrogens is 4. The van der Waals surface area contributed by atoms with E-state index in [1.807, 2.05) is 0 Å². The highest BCUT2D eigenvalue weighted by Gasteiger charge is 2.21. The lowest BCUT2D eigenvalue weighted by molar-refractivity contribution is 0.0940. The summed E-state index contributed by atoms with van der Waals surface area (Å²) in [4.78, 5) is 36.4. The number of nitrogens with one attached hydrogen (secondary N) is 3. The lowest BCUT2D eigenvalue weighted by atomic mass is 10.2. The van der Waals surface area contributed by atoms with Gasteiger partial charge >= 0.3 is 0 Å². The van der Waals surface area contributed by atoms with Crippen molar-refractivity contribution >= 4 is 69.5 Å². The molecule has 4 heterocycles. The van der Waals surface area contributed by atoms with Gasteiger partial charge in [-0.2, -0.15) is 0 Å². The van der Waals surface area contributed by atoms with Crippen molar-refractivity contribution in [1.29, 1.82) is 0 Å². The maximum absolute atomic E-state index is 13.0. The highest BCUT2D eigenvalue weighted by Crippen LogP contribution is 2.31. The van der Waals surface area contributed by atoms with E-state index in [-0.39, 0.29) is 54.4 Å². The van der Waals surface area contributed by atoms with Crippen LogP contribution in [0.15, 0.2) is 171 Å². The third-order valence-electron chi connectivity index (χ3n) is 10.2. The number of hydrogen-bond donors (Lipinski definition) is 3. The quantitative estimate of drug-likeness (QED) is 0.0848. The van der Waals surface area contributed by atoms with E-state index in [0.29, 0.717) is 23.6 Å². The first-order valence-corrected chi connectivity index (χ1v) is 25.6. The Morgan fingerprint density at radius 3 is 1.86 bits per heavy atom. The zero-order valence-corrected chi connectivity index (χ0v) is 38.7. The molecule has 0 radical (unpaired) electrons. The summed E-state index contributed by atoms with van der Waals surface area (Å²) < 4.78 is 82.2. The van der Waals surface area contributed by atoms with Crippen molar-refractivity contribution in [3.05, 3.63) is 174 Å². The number of ether oxygens (including phenoxy) is 1. The largest absolute Gasteiger partial charge is 0.492 e. The van der Waals surface area contributed by atoms with Crippen LogP contribution in [0.4, 0.5) is 0 Å². The van der Waals surface area contributed by atoms with Crippen molar-refractivity contribution in [1.82, 2.24) is 30.0 Å². The number of halogens is 1. The molecule has 4 aromatic carbocycles. The third-order valence-corrected chi connectivity index (χ3v) is 15.2. The zero-order valence-electron chi connectivity index (χ0n) is 35.5. The van der Waals surface area contributed by atoms with E-state index in [2.05, 4.69) is 32.5 Å². The van der Waals surface area contributed by atoms with E-state index in [0.717, 1.165) is 46.8 Å². The summed E-state index contributed by atoms with van der Waals surface area (Å²) in [6.45, 7) is 3.06. The lowest BCUT2D eigenvalue weighted by Gasteiger charge is -2.11. The fourth-order valence-corrected chi connectivity index (χ4v) is 9.99. The third kappa shape index (κ3) is 11.1. The van der Waals surface area contributed by atoms with Gasteiger partial charge in [0.1, 0.15) is 17.1 Å². The maximum Gasteiger partial charge on any atom is 0.267 e. The fourth-order valence-electron chi connectivity index (χ4n) is 6.51. The van der Waals surface area contributed by atoms with E-state index in [1.54, 1.807) is 90.0 Å². The van der Waals surface area contributed by atoms with Gasteiger partial charge in [-0.25, -0.2) is 30.2 Å². The van der Waals surface area contributed by atoms with E-state index in [9.17, 15) is 34.8 Å². The summed E-state index contributed by atoms with van der Waals surface area (Å²) in [5, 5.41) is 6.72. The van der Waals surface area contributed by atoms with Gasteiger partial charge in [0.25, 0.3) is 11.8 Å². The Balaban J connectivity index is 0.000000197. The van der Waals surface area contributed by atoms with Crippen LogP contribution in [-0.4, -0.2) is 69.3 Å². The summed E-state index contributed by atoms with van der Waals surface area (Å²) in [7, 11) is -11.0. The molecule has 4 aromatic heterocycles. The molecule has 0 bridgehead atoms. The molecular weight excluding hydrogens is 924 g/mol. The first-order valence-electron chi connectivity index (χ1n) is 20.4. The van der Waals surface area contributed by atoms with Gasteiger partial charge in [-0.15, -0.1) is 0 Å². The minimum atomic E-state index is -3.80. The molecule has 0 saturated carbocycles. The number of imidazole rings is 1. The number of pyridine rings is 2. The summed E-state index contributed by atoms with van der Waals surface area (Å²) in [5.74, 6) is -0.0561. The maximum atomic E-state index is 13.0. The molecule has 0 aliphatic carbocycles. The average Bonchev–Trinajstić information content (AvgIpc) is 3.98. The summed E-state index contributed by atoms with van der Waals surface area (Å²) >= 11 is 6.24. The molecule has 0 aliphatic rings. The zero-order chi connectivity index (χ0) is 47.1. The van der Waals surface area contributed by atoms with Crippen LogP contribution in [0.25, 0.3) is 16.6 Å². The van der Waals surface area contributed by atoms with Crippen LogP contribution in [0, 0.1) is 0 Å². The molecule has 0 atom stereocenters. The van der Waals surface area contributed by atoms with Crippen molar-refractivity contribution in [3.8, 4) is 5.75 Å². The van der Waals surface area contributed by atoms with Crippen molar-refractivity contribution in [2.45, 2.75) is 57.3 Å². The summed E-state index contributed by atoms with van der Waals surface area (Å²) in [5.41, 5.74) is 3.97. The first kappa shape index (κ1) is 47.1. The number of carbonyl (C=O) groups is 2. The summed E-state index contributed by atoms with van der Waals surface area (Å²) in [6, 6.07) is 29.1. The monoisotopic (exact) mass is 966 g/mol. The van der Waals surface area contributed by atoms with Gasteiger partial charge in [-0.1, -0.05) is 49.2 Å². The van der Waals surface area contributed by atoms with Crippen molar-refractivity contribution in [2.75, 3.05) is 12.9 Å². The predicted molar refractivity (Wildman–Crippen MR) is 249 cm³/mol. The average molecular weight is 968 g/mol. The highest BCUT2D eigenvalue weighted by atomic mass is 35.5. The molecule has 8 rings (SSSR count). The summed E-state index contributed by atoms with van der Waals surface area (Å²) in [6.07, 6.45) is 11.4. The second-order valence-electron chi connectivity index (χ2n) is 15.0. The number of rotatable bonds is 15. The van der Waals surface area contributed by atoms with Crippen LogP contribution < -0.4 is 15.4 Å². The molecule has 2 amide bonds. The number of hydrogen-bond acceptors (Lipinski definition) is 11. The predicted octanol–water partition coefficient (Wildman–Crippen LogP) is 7.66. The standard InChI is InChI=1S/C25H24ClN3O4S.C22H19N3O5S2/c1-2-3-14-33-23-10-9-21(15-22(23)26)34(31,32)20-7-4-18(5-8-20)16-28-25(30)19-6-11-24-27-12-13-29(24)17-19;1-31(27,28)17-6-8-19(9-7-17)32(29,30)18-4-2-15(3-5-18)13-24-22(26)21-12-16-14-23-11-10-20(16)25-21/h4-13,15,17H,2-3,14,16H2,1H3,(H,28,30);2-12,14,25H,13H2,1H3,(H,24,26). The number of amides is 2. The van der Waals surface area contributed by atoms with Crippen LogP contribution in [0.5, 0.6) is 5.75 Å². The van der Waals surface area contributed by atoms with Crippen LogP contribution in [0.1, 0.15) is 51.7 Å². The molecule has 19 heteroatoms. The molecule has 15 nitrogen and oxygen atoms in total. The second-order valence-corrected chi connectivity index (χ2v) is 21.3. The number of sulfone groups is 3. The molecule has 0 saturated heterocycles. The normalized spacial score (nSPS) is 11.7. The number of unbranched alkanes of at least 4 members (excludes halogenated alkanes) is 1. The van der Waals surface area contributed by atoms with Gasteiger partial charge in [0.05, 0.1) is 41.7 Å². The molecule has 340 valence electrons. The number of H-pyrrole nitrogens is 1. The molecule has 0 unspecified atom stereocenters. The number of nitrogens with zero attached hydrogens (tertiary/aromatic N) is 3. The fraction of sp³-hybridized carbons (Fsp3) is 0.149. The van der Waals surface area contributed by atoms with E-state index in [4.69, 9.17) is 16.3 Å². The van der Waals surface area contributed by atoms with Gasteiger partial charge in [0.2, 0.25) is 19.7 Å². The van der Waals surface area contributed by atoms with Crippen LogP contribution in [0.3, 0.4) is 0 Å². The number of aromatic amines is 1.